The molecule has 1 aromatic heterocycles. The van der Waals surface area contributed by atoms with Crippen LogP contribution in [0.3, 0.4) is 0 Å². The topological polar surface area (TPSA) is 75.4 Å². The minimum absolute atomic E-state index is 0.0195. The molecule has 0 spiro atoms. The molecule has 0 aliphatic rings. The minimum atomic E-state index is 0.0195. The van der Waals surface area contributed by atoms with Gasteiger partial charge in [0.2, 0.25) is 5.91 Å². The van der Waals surface area contributed by atoms with Crippen LogP contribution in [0.2, 0.25) is 0 Å². The molecule has 0 aliphatic carbocycles. The van der Waals surface area contributed by atoms with Gasteiger partial charge in [-0.15, -0.1) is 0 Å². The first kappa shape index (κ1) is 12.2. The van der Waals surface area contributed by atoms with E-state index in [0.29, 0.717) is 18.2 Å². The normalized spacial score (nSPS) is 9.94. The second-order valence-corrected chi connectivity index (χ2v) is 3.60. The number of hydrogen-bond donors (Lipinski definition) is 1. The maximum atomic E-state index is 11.6. The van der Waals surface area contributed by atoms with Crippen LogP contribution < -0.4 is 10.6 Å². The first-order valence-corrected chi connectivity index (χ1v) is 5.07. The lowest BCUT2D eigenvalue weighted by atomic mass is 10.4. The monoisotopic (exact) mass is 223 g/mol. The van der Waals surface area contributed by atoms with Crippen molar-refractivity contribution in [2.45, 2.75) is 6.92 Å². The number of nitrogens with two attached hydrogens (primary N) is 1. The van der Waals surface area contributed by atoms with Crippen molar-refractivity contribution in [3.63, 3.8) is 0 Å². The summed E-state index contributed by atoms with van der Waals surface area (Å²) < 4.78 is 0. The second-order valence-electron chi connectivity index (χ2n) is 3.60. The van der Waals surface area contributed by atoms with Gasteiger partial charge in [0.05, 0.1) is 18.9 Å². The number of carbonyl (C=O) groups excluding carboxylic acids is 1. The molecule has 0 atom stereocenters. The largest absolute Gasteiger partial charge is 0.382 e. The number of likely N-dealkylation sites (N-methyl/N-ethyl adjacent to an activating group) is 2. The number of hydrogen-bond acceptors (Lipinski definition) is 5. The van der Waals surface area contributed by atoms with E-state index in [2.05, 4.69) is 9.97 Å². The lowest BCUT2D eigenvalue weighted by molar-refractivity contribution is -0.127. The summed E-state index contributed by atoms with van der Waals surface area (Å²) in [7, 11) is 3.45. The van der Waals surface area contributed by atoms with Crippen LogP contribution >= 0.6 is 0 Å². The standard InChI is InChI=1S/C10H17N5O/c1-4-15(7-10(16)14(2)3)9-6-12-5-8(11)13-9/h5-6H,4,7H2,1-3H3,(H2,11,13). The highest BCUT2D eigenvalue weighted by Gasteiger charge is 2.12. The van der Waals surface area contributed by atoms with E-state index >= 15 is 0 Å². The van der Waals surface area contributed by atoms with Gasteiger partial charge < -0.3 is 15.5 Å². The van der Waals surface area contributed by atoms with Gasteiger partial charge in [0.25, 0.3) is 0 Å². The third kappa shape index (κ3) is 3.08. The van der Waals surface area contributed by atoms with Gasteiger partial charge in [-0.3, -0.25) is 9.78 Å². The van der Waals surface area contributed by atoms with Crippen molar-refractivity contribution in [3.05, 3.63) is 12.4 Å². The molecule has 88 valence electrons. The van der Waals surface area contributed by atoms with Gasteiger partial charge in [0.15, 0.2) is 0 Å². The summed E-state index contributed by atoms with van der Waals surface area (Å²) in [5, 5.41) is 0. The van der Waals surface area contributed by atoms with Gasteiger partial charge in [-0.1, -0.05) is 0 Å². The van der Waals surface area contributed by atoms with Crippen LogP contribution in [0.5, 0.6) is 0 Å². The van der Waals surface area contributed by atoms with Crippen LogP contribution in [0.4, 0.5) is 11.6 Å². The zero-order chi connectivity index (χ0) is 12.1. The van der Waals surface area contributed by atoms with Gasteiger partial charge in [-0.05, 0) is 6.92 Å². The number of nitrogen functional groups attached to an aromatic ring is 1. The number of amides is 1. The zero-order valence-electron chi connectivity index (χ0n) is 9.84. The van der Waals surface area contributed by atoms with E-state index in [9.17, 15) is 4.79 Å². The van der Waals surface area contributed by atoms with Crippen molar-refractivity contribution in [3.8, 4) is 0 Å². The fourth-order valence-corrected chi connectivity index (χ4v) is 1.18. The molecule has 1 aromatic rings. The summed E-state index contributed by atoms with van der Waals surface area (Å²) in [5.41, 5.74) is 5.55. The predicted molar refractivity (Wildman–Crippen MR) is 63.0 cm³/mol. The predicted octanol–water partition coefficient (Wildman–Crippen LogP) is -0.0267. The van der Waals surface area contributed by atoms with Crippen LogP contribution in [0.15, 0.2) is 12.4 Å². The summed E-state index contributed by atoms with van der Waals surface area (Å²) in [6.07, 6.45) is 3.08. The highest BCUT2D eigenvalue weighted by molar-refractivity contribution is 5.80. The molecule has 0 aromatic carbocycles. The molecule has 0 radical (unpaired) electrons. The number of anilines is 2. The summed E-state index contributed by atoms with van der Waals surface area (Å²) in [4.78, 5) is 23.0. The van der Waals surface area contributed by atoms with Gasteiger partial charge in [-0.25, -0.2) is 4.98 Å². The summed E-state index contributed by atoms with van der Waals surface area (Å²) in [6, 6.07) is 0. The number of nitrogens with zero attached hydrogens (tertiary/aromatic N) is 4. The van der Waals surface area contributed by atoms with E-state index in [-0.39, 0.29) is 12.5 Å². The summed E-state index contributed by atoms with van der Waals surface area (Å²) in [6.45, 7) is 2.91. The van der Waals surface area contributed by atoms with Crippen LogP contribution in [-0.2, 0) is 4.79 Å². The van der Waals surface area contributed by atoms with E-state index in [0.717, 1.165) is 0 Å². The maximum absolute atomic E-state index is 11.6. The Hall–Kier alpha value is -1.85. The first-order valence-electron chi connectivity index (χ1n) is 5.07. The number of rotatable bonds is 4. The molecule has 1 amide bonds. The lowest BCUT2D eigenvalue weighted by Crippen LogP contribution is -2.37. The number of carbonyl (C=O) groups is 1. The van der Waals surface area contributed by atoms with Gasteiger partial charge in [0.1, 0.15) is 11.6 Å². The van der Waals surface area contributed by atoms with Crippen LogP contribution in [0.1, 0.15) is 6.92 Å². The third-order valence-corrected chi connectivity index (χ3v) is 2.17. The quantitative estimate of drug-likeness (QED) is 0.776. The van der Waals surface area contributed by atoms with Gasteiger partial charge in [0, 0.05) is 20.6 Å². The fourth-order valence-electron chi connectivity index (χ4n) is 1.18. The molecule has 1 rings (SSSR count). The van der Waals surface area contributed by atoms with Crippen LogP contribution in [-0.4, -0.2) is 48.0 Å². The van der Waals surface area contributed by atoms with Crippen molar-refractivity contribution in [2.24, 2.45) is 0 Å². The molecule has 1 heterocycles. The molecular weight excluding hydrogens is 206 g/mol. The smallest absolute Gasteiger partial charge is 0.241 e. The van der Waals surface area contributed by atoms with E-state index < -0.39 is 0 Å². The van der Waals surface area contributed by atoms with E-state index in [1.807, 2.05) is 11.8 Å². The average molecular weight is 223 g/mol. The van der Waals surface area contributed by atoms with Crippen molar-refractivity contribution in [1.82, 2.24) is 14.9 Å². The number of aromatic nitrogens is 2. The summed E-state index contributed by atoms with van der Waals surface area (Å²) in [5.74, 6) is 0.997. The van der Waals surface area contributed by atoms with E-state index in [1.54, 1.807) is 25.2 Å². The Kier molecular flexibility index (Phi) is 4.04. The molecule has 0 saturated heterocycles. The molecule has 0 bridgehead atoms. The van der Waals surface area contributed by atoms with Crippen molar-refractivity contribution < 1.29 is 4.79 Å². The molecule has 0 fully saturated rings. The molecule has 0 saturated carbocycles. The molecule has 2 N–H and O–H groups in total. The fraction of sp³-hybridized carbons (Fsp3) is 0.500. The molecule has 0 aliphatic heterocycles. The van der Waals surface area contributed by atoms with Gasteiger partial charge >= 0.3 is 0 Å². The molecule has 0 unspecified atom stereocenters. The van der Waals surface area contributed by atoms with Crippen LogP contribution in [0, 0.1) is 0 Å². The zero-order valence-corrected chi connectivity index (χ0v) is 9.84. The Bertz CT molecular complexity index is 366. The second kappa shape index (κ2) is 5.29. The molecule has 16 heavy (non-hydrogen) atoms. The Balaban J connectivity index is 2.78. The highest BCUT2D eigenvalue weighted by Crippen LogP contribution is 2.10. The highest BCUT2D eigenvalue weighted by atomic mass is 16.2. The maximum Gasteiger partial charge on any atom is 0.241 e. The van der Waals surface area contributed by atoms with Crippen molar-refractivity contribution in [1.29, 1.82) is 0 Å². The van der Waals surface area contributed by atoms with Crippen LogP contribution in [0.25, 0.3) is 0 Å². The van der Waals surface area contributed by atoms with Crippen molar-refractivity contribution in [2.75, 3.05) is 37.8 Å². The first-order chi connectivity index (χ1) is 7.54. The van der Waals surface area contributed by atoms with Gasteiger partial charge in [-0.2, -0.15) is 0 Å². The molecule has 6 heteroatoms. The summed E-state index contributed by atoms with van der Waals surface area (Å²) >= 11 is 0. The molecular formula is C10H17N5O. The SMILES string of the molecule is CCN(CC(=O)N(C)C)c1cncc(N)n1. The minimum Gasteiger partial charge on any atom is -0.382 e. The Labute approximate surface area is 95.1 Å². The Morgan fingerprint density at radius 3 is 2.62 bits per heavy atom. The molecule has 6 nitrogen and oxygen atoms in total. The van der Waals surface area contributed by atoms with Crippen molar-refractivity contribution >= 4 is 17.5 Å². The average Bonchev–Trinajstić information content (AvgIpc) is 2.25. The third-order valence-electron chi connectivity index (χ3n) is 2.17. The Morgan fingerprint density at radius 1 is 1.44 bits per heavy atom. The van der Waals surface area contributed by atoms with E-state index in [4.69, 9.17) is 5.73 Å². The van der Waals surface area contributed by atoms with E-state index in [1.165, 1.54) is 6.20 Å². The lowest BCUT2D eigenvalue weighted by Gasteiger charge is -2.22. The Morgan fingerprint density at radius 2 is 2.12 bits per heavy atom.